The maximum atomic E-state index is 12.4. The number of carbonyl (C=O) groups is 2. The van der Waals surface area contributed by atoms with Crippen molar-refractivity contribution in [3.05, 3.63) is 42.5 Å². The summed E-state index contributed by atoms with van der Waals surface area (Å²) < 4.78 is 0. The molecule has 4 nitrogen and oxygen atoms in total. The van der Waals surface area contributed by atoms with Crippen LogP contribution >= 0.6 is 0 Å². The fourth-order valence-corrected chi connectivity index (χ4v) is 2.99. The van der Waals surface area contributed by atoms with Gasteiger partial charge >= 0.3 is 0 Å². The van der Waals surface area contributed by atoms with Gasteiger partial charge in [0.1, 0.15) is 0 Å². The first kappa shape index (κ1) is 14.0. The second kappa shape index (κ2) is 6.22. The summed E-state index contributed by atoms with van der Waals surface area (Å²) in [7, 11) is 0. The van der Waals surface area contributed by atoms with Crippen LogP contribution in [-0.2, 0) is 9.59 Å². The molecular formula is C17H20N2O2. The minimum atomic E-state index is -0.372. The molecule has 0 aromatic heterocycles. The Balaban J connectivity index is 1.62. The smallest absolute Gasteiger partial charge is 0.251 e. The maximum absolute atomic E-state index is 12.4. The van der Waals surface area contributed by atoms with Crippen LogP contribution < -0.4 is 10.2 Å². The first-order valence-electron chi connectivity index (χ1n) is 7.56. The summed E-state index contributed by atoms with van der Waals surface area (Å²) in [6.45, 7) is 0.802. The summed E-state index contributed by atoms with van der Waals surface area (Å²) in [4.78, 5) is 25.8. The summed E-state index contributed by atoms with van der Waals surface area (Å²) in [5, 5.41) is 3.29. The second-order valence-electron chi connectivity index (χ2n) is 5.72. The van der Waals surface area contributed by atoms with Crippen LogP contribution in [0.4, 0.5) is 5.69 Å². The number of anilines is 1. The first-order valence-corrected chi connectivity index (χ1v) is 7.56. The molecule has 110 valence electrons. The Bertz CT molecular complexity index is 553. The average Bonchev–Trinajstić information content (AvgIpc) is 2.81. The van der Waals surface area contributed by atoms with Gasteiger partial charge in [0.15, 0.2) is 0 Å². The molecule has 1 aromatic carbocycles. The molecule has 21 heavy (non-hydrogen) atoms. The van der Waals surface area contributed by atoms with Crippen LogP contribution in [0.3, 0.4) is 0 Å². The van der Waals surface area contributed by atoms with Gasteiger partial charge in [-0.05, 0) is 43.9 Å². The molecule has 1 aliphatic carbocycles. The van der Waals surface area contributed by atoms with Crippen molar-refractivity contribution in [1.82, 2.24) is 5.32 Å². The van der Waals surface area contributed by atoms with E-state index in [0.29, 0.717) is 11.6 Å². The molecule has 2 atom stereocenters. The molecule has 4 heteroatoms. The number of nitrogens with zero attached hydrogens (tertiary/aromatic N) is 1. The third kappa shape index (κ3) is 3.05. The zero-order valence-electron chi connectivity index (χ0n) is 12.0. The Morgan fingerprint density at radius 3 is 2.67 bits per heavy atom. The summed E-state index contributed by atoms with van der Waals surface area (Å²) >= 11 is 0. The van der Waals surface area contributed by atoms with E-state index in [1.54, 1.807) is 12.1 Å². The monoisotopic (exact) mass is 284 g/mol. The molecule has 0 saturated carbocycles. The van der Waals surface area contributed by atoms with Crippen molar-refractivity contribution in [2.75, 3.05) is 11.4 Å². The van der Waals surface area contributed by atoms with Crippen LogP contribution in [-0.4, -0.2) is 24.4 Å². The molecule has 2 amide bonds. The van der Waals surface area contributed by atoms with Crippen LogP contribution in [0.15, 0.2) is 42.5 Å². The van der Waals surface area contributed by atoms with Crippen molar-refractivity contribution in [2.45, 2.75) is 31.7 Å². The third-order valence-electron chi connectivity index (χ3n) is 4.19. The van der Waals surface area contributed by atoms with E-state index in [2.05, 4.69) is 17.5 Å². The van der Waals surface area contributed by atoms with Crippen LogP contribution in [0.5, 0.6) is 0 Å². The summed E-state index contributed by atoms with van der Waals surface area (Å²) in [6, 6.07) is 8.77. The SMILES string of the molecule is O=C1CC(NCC2CC=CCC2)C(=O)N1c1ccccc1. The minimum Gasteiger partial charge on any atom is -0.305 e. The molecule has 1 saturated heterocycles. The van der Waals surface area contributed by atoms with Crippen molar-refractivity contribution >= 4 is 17.5 Å². The standard InChI is InChI=1S/C17H20N2O2/c20-16-11-15(18-12-13-7-3-1-4-8-13)17(21)19(16)14-9-5-2-6-10-14/h1-3,5-6,9-10,13,15,18H,4,7-8,11-12H2. The Labute approximate surface area is 124 Å². The van der Waals surface area contributed by atoms with Gasteiger partial charge in [-0.3, -0.25) is 9.59 Å². The van der Waals surface area contributed by atoms with Crippen molar-refractivity contribution in [2.24, 2.45) is 5.92 Å². The van der Waals surface area contributed by atoms with Crippen LogP contribution in [0.25, 0.3) is 0 Å². The predicted molar refractivity (Wildman–Crippen MR) is 81.8 cm³/mol. The van der Waals surface area contributed by atoms with Gasteiger partial charge in [-0.1, -0.05) is 30.4 Å². The van der Waals surface area contributed by atoms with Gasteiger partial charge in [0.05, 0.1) is 18.2 Å². The molecule has 1 heterocycles. The number of hydrogen-bond donors (Lipinski definition) is 1. The van der Waals surface area contributed by atoms with Gasteiger partial charge in [0.2, 0.25) is 5.91 Å². The highest BCUT2D eigenvalue weighted by atomic mass is 16.2. The van der Waals surface area contributed by atoms with Crippen molar-refractivity contribution in [1.29, 1.82) is 0 Å². The van der Waals surface area contributed by atoms with Crippen molar-refractivity contribution < 1.29 is 9.59 Å². The van der Waals surface area contributed by atoms with E-state index in [0.717, 1.165) is 25.8 Å². The largest absolute Gasteiger partial charge is 0.305 e. The lowest BCUT2D eigenvalue weighted by Gasteiger charge is -2.20. The molecule has 1 N–H and O–H groups in total. The van der Waals surface area contributed by atoms with E-state index in [9.17, 15) is 9.59 Å². The quantitative estimate of drug-likeness (QED) is 0.681. The van der Waals surface area contributed by atoms with E-state index >= 15 is 0 Å². The van der Waals surface area contributed by atoms with Crippen LogP contribution in [0.1, 0.15) is 25.7 Å². The van der Waals surface area contributed by atoms with E-state index in [1.165, 1.54) is 4.90 Å². The molecule has 0 spiro atoms. The number of hydrogen-bond acceptors (Lipinski definition) is 3. The number of rotatable bonds is 4. The number of imide groups is 1. The first-order chi connectivity index (χ1) is 10.3. The van der Waals surface area contributed by atoms with E-state index in [1.807, 2.05) is 18.2 Å². The van der Waals surface area contributed by atoms with Gasteiger partial charge in [-0.2, -0.15) is 0 Å². The highest BCUT2D eigenvalue weighted by Crippen LogP contribution is 2.23. The zero-order valence-corrected chi connectivity index (χ0v) is 12.0. The number of para-hydroxylation sites is 1. The summed E-state index contributed by atoms with van der Waals surface area (Å²) in [5.74, 6) is 0.327. The molecule has 0 bridgehead atoms. The van der Waals surface area contributed by atoms with Crippen LogP contribution in [0, 0.1) is 5.92 Å². The third-order valence-corrected chi connectivity index (χ3v) is 4.19. The lowest BCUT2D eigenvalue weighted by Crippen LogP contribution is -2.40. The fourth-order valence-electron chi connectivity index (χ4n) is 2.99. The number of allylic oxidation sites excluding steroid dienone is 2. The molecular weight excluding hydrogens is 264 g/mol. The van der Waals surface area contributed by atoms with Gasteiger partial charge in [-0.25, -0.2) is 4.90 Å². The van der Waals surface area contributed by atoms with Crippen molar-refractivity contribution in [3.8, 4) is 0 Å². The molecule has 0 radical (unpaired) electrons. The summed E-state index contributed by atoms with van der Waals surface area (Å²) in [6.07, 6.45) is 7.99. The maximum Gasteiger partial charge on any atom is 0.251 e. The van der Waals surface area contributed by atoms with Gasteiger partial charge < -0.3 is 5.32 Å². The molecule has 1 aliphatic heterocycles. The summed E-state index contributed by atoms with van der Waals surface area (Å²) in [5.41, 5.74) is 0.664. The number of benzene rings is 1. The average molecular weight is 284 g/mol. The zero-order chi connectivity index (χ0) is 14.7. The fraction of sp³-hybridized carbons (Fsp3) is 0.412. The lowest BCUT2D eigenvalue weighted by atomic mass is 9.94. The Hall–Kier alpha value is -1.94. The number of amides is 2. The number of nitrogens with one attached hydrogen (secondary N) is 1. The Morgan fingerprint density at radius 1 is 1.14 bits per heavy atom. The number of carbonyl (C=O) groups excluding carboxylic acids is 2. The van der Waals surface area contributed by atoms with Gasteiger partial charge in [-0.15, -0.1) is 0 Å². The van der Waals surface area contributed by atoms with Crippen LogP contribution in [0.2, 0.25) is 0 Å². The molecule has 1 aromatic rings. The highest BCUT2D eigenvalue weighted by Gasteiger charge is 2.39. The highest BCUT2D eigenvalue weighted by molar-refractivity contribution is 6.22. The van der Waals surface area contributed by atoms with Gasteiger partial charge in [0, 0.05) is 0 Å². The Kier molecular flexibility index (Phi) is 4.15. The molecule has 1 fully saturated rings. The molecule has 3 rings (SSSR count). The van der Waals surface area contributed by atoms with E-state index < -0.39 is 0 Å². The van der Waals surface area contributed by atoms with Crippen molar-refractivity contribution in [3.63, 3.8) is 0 Å². The topological polar surface area (TPSA) is 49.4 Å². The van der Waals surface area contributed by atoms with E-state index in [-0.39, 0.29) is 24.3 Å². The Morgan fingerprint density at radius 2 is 1.95 bits per heavy atom. The predicted octanol–water partition coefficient (Wildman–Crippen LogP) is 2.26. The van der Waals surface area contributed by atoms with Gasteiger partial charge in [0.25, 0.3) is 5.91 Å². The molecule has 2 aliphatic rings. The lowest BCUT2D eigenvalue weighted by molar-refractivity contribution is -0.121. The molecule has 2 unspecified atom stereocenters. The second-order valence-corrected chi connectivity index (χ2v) is 5.72. The normalized spacial score (nSPS) is 25.6. The minimum absolute atomic E-state index is 0.118. The van der Waals surface area contributed by atoms with E-state index in [4.69, 9.17) is 0 Å².